The predicted molar refractivity (Wildman–Crippen MR) is 115 cm³/mol. The quantitative estimate of drug-likeness (QED) is 0.503. The topological polar surface area (TPSA) is 104 Å². The van der Waals surface area contributed by atoms with E-state index in [1.807, 2.05) is 6.92 Å². The summed E-state index contributed by atoms with van der Waals surface area (Å²) >= 11 is 11.8. The summed E-state index contributed by atoms with van der Waals surface area (Å²) in [5.41, 5.74) is 1.81. The Bertz CT molecular complexity index is 1100. The van der Waals surface area contributed by atoms with Gasteiger partial charge in [-0.25, -0.2) is 9.78 Å². The Morgan fingerprint density at radius 1 is 1.23 bits per heavy atom. The molecule has 2 aromatic heterocycles. The standard InChI is InChI=1S/C21H19Cl2N3O5/c1-11-17(12(2)31-26-11)10-29-16-6-4-5-14(7-16)21(28)30-13(3)20(27)25-19-18(23)8-15(22)9-24-19/h4-9,13H,10H2,1-3H3,(H,24,25,27)/t13-/m1/s1. The Balaban J connectivity index is 1.60. The van der Waals surface area contributed by atoms with E-state index < -0.39 is 18.0 Å². The molecule has 0 aliphatic rings. The number of halogens is 2. The third-order valence-electron chi connectivity index (χ3n) is 4.34. The first kappa shape index (κ1) is 22.6. The minimum atomic E-state index is -1.09. The lowest BCUT2D eigenvalue weighted by Crippen LogP contribution is -2.30. The van der Waals surface area contributed by atoms with Crippen molar-refractivity contribution in [2.75, 3.05) is 5.32 Å². The molecule has 1 atom stereocenters. The fourth-order valence-corrected chi connectivity index (χ4v) is 3.01. The third kappa shape index (κ3) is 5.74. The van der Waals surface area contributed by atoms with Crippen LogP contribution < -0.4 is 10.1 Å². The van der Waals surface area contributed by atoms with Gasteiger partial charge in [0.1, 0.15) is 18.1 Å². The van der Waals surface area contributed by atoms with Crippen molar-refractivity contribution in [3.63, 3.8) is 0 Å². The predicted octanol–water partition coefficient (Wildman–Crippen LogP) is 4.76. The van der Waals surface area contributed by atoms with E-state index in [2.05, 4.69) is 15.5 Å². The lowest BCUT2D eigenvalue weighted by atomic mass is 10.2. The maximum atomic E-state index is 12.5. The summed E-state index contributed by atoms with van der Waals surface area (Å²) in [7, 11) is 0. The van der Waals surface area contributed by atoms with Gasteiger partial charge in [-0.15, -0.1) is 0 Å². The van der Waals surface area contributed by atoms with E-state index in [1.165, 1.54) is 25.3 Å². The third-order valence-corrected chi connectivity index (χ3v) is 4.83. The van der Waals surface area contributed by atoms with Gasteiger partial charge in [0.15, 0.2) is 11.9 Å². The second kappa shape index (κ2) is 9.80. The summed E-state index contributed by atoms with van der Waals surface area (Å²) in [5, 5.41) is 6.87. The molecule has 0 saturated heterocycles. The number of nitrogens with one attached hydrogen (secondary N) is 1. The molecule has 0 fully saturated rings. The van der Waals surface area contributed by atoms with Crippen LogP contribution >= 0.6 is 23.2 Å². The number of benzene rings is 1. The smallest absolute Gasteiger partial charge is 0.339 e. The van der Waals surface area contributed by atoms with Crippen LogP contribution in [-0.2, 0) is 16.1 Å². The number of aromatic nitrogens is 2. The normalized spacial score (nSPS) is 11.6. The molecule has 1 amide bonds. The van der Waals surface area contributed by atoms with E-state index in [1.54, 1.807) is 25.1 Å². The molecule has 0 radical (unpaired) electrons. The van der Waals surface area contributed by atoms with Crippen LogP contribution in [0.3, 0.4) is 0 Å². The van der Waals surface area contributed by atoms with Crippen LogP contribution in [0.4, 0.5) is 5.82 Å². The van der Waals surface area contributed by atoms with Crippen molar-refractivity contribution < 1.29 is 23.6 Å². The molecule has 0 aliphatic carbocycles. The summed E-state index contributed by atoms with van der Waals surface area (Å²) in [6.07, 6.45) is 0.251. The Morgan fingerprint density at radius 3 is 2.68 bits per heavy atom. The minimum absolute atomic E-state index is 0.119. The molecule has 0 bridgehead atoms. The highest BCUT2D eigenvalue weighted by Gasteiger charge is 2.21. The van der Waals surface area contributed by atoms with Crippen LogP contribution in [-0.4, -0.2) is 28.1 Å². The number of carbonyl (C=O) groups excluding carboxylic acids is 2. The largest absolute Gasteiger partial charge is 0.489 e. The van der Waals surface area contributed by atoms with Crippen LogP contribution in [0.15, 0.2) is 41.1 Å². The molecule has 0 aliphatic heterocycles. The van der Waals surface area contributed by atoms with Crippen molar-refractivity contribution in [1.82, 2.24) is 10.1 Å². The summed E-state index contributed by atoms with van der Waals surface area (Å²) in [4.78, 5) is 28.7. The molecule has 1 N–H and O–H groups in total. The number of amides is 1. The molecular formula is C21H19Cl2N3O5. The number of hydrogen-bond acceptors (Lipinski definition) is 7. The van der Waals surface area contributed by atoms with Gasteiger partial charge < -0.3 is 19.3 Å². The van der Waals surface area contributed by atoms with Gasteiger partial charge >= 0.3 is 5.97 Å². The first-order chi connectivity index (χ1) is 14.7. The molecule has 162 valence electrons. The summed E-state index contributed by atoms with van der Waals surface area (Å²) in [5.74, 6) is -0.0166. The minimum Gasteiger partial charge on any atom is -0.489 e. The molecule has 3 aromatic rings. The number of aryl methyl sites for hydroxylation is 2. The number of pyridine rings is 1. The molecule has 0 unspecified atom stereocenters. The number of carbonyl (C=O) groups is 2. The van der Waals surface area contributed by atoms with Gasteiger partial charge in [-0.05, 0) is 45.0 Å². The van der Waals surface area contributed by atoms with Crippen molar-refractivity contribution in [1.29, 1.82) is 0 Å². The number of ether oxygens (including phenoxy) is 2. The van der Waals surface area contributed by atoms with E-state index in [-0.39, 0.29) is 23.0 Å². The van der Waals surface area contributed by atoms with Crippen molar-refractivity contribution in [3.8, 4) is 5.75 Å². The molecule has 3 rings (SSSR count). The number of rotatable bonds is 7. The van der Waals surface area contributed by atoms with Gasteiger partial charge in [-0.2, -0.15) is 0 Å². The molecule has 2 heterocycles. The maximum absolute atomic E-state index is 12.5. The molecule has 8 nitrogen and oxygen atoms in total. The van der Waals surface area contributed by atoms with Crippen LogP contribution in [0.25, 0.3) is 0 Å². The fourth-order valence-electron chi connectivity index (χ4n) is 2.58. The summed E-state index contributed by atoms with van der Waals surface area (Å²) < 4.78 is 16.1. The molecule has 31 heavy (non-hydrogen) atoms. The second-order valence-corrected chi connectivity index (χ2v) is 7.48. The van der Waals surface area contributed by atoms with Crippen molar-refractivity contribution in [3.05, 3.63) is 69.2 Å². The van der Waals surface area contributed by atoms with Gasteiger partial charge in [-0.1, -0.05) is 34.4 Å². The first-order valence-electron chi connectivity index (χ1n) is 9.22. The molecule has 10 heteroatoms. The molecule has 1 aromatic carbocycles. The highest BCUT2D eigenvalue weighted by atomic mass is 35.5. The van der Waals surface area contributed by atoms with Gasteiger partial charge in [0.25, 0.3) is 5.91 Å². The van der Waals surface area contributed by atoms with E-state index in [9.17, 15) is 9.59 Å². The lowest BCUT2D eigenvalue weighted by molar-refractivity contribution is -0.123. The van der Waals surface area contributed by atoms with Gasteiger partial charge in [0.05, 0.1) is 26.9 Å². The highest BCUT2D eigenvalue weighted by Crippen LogP contribution is 2.23. The van der Waals surface area contributed by atoms with Crippen LogP contribution in [0.5, 0.6) is 5.75 Å². The highest BCUT2D eigenvalue weighted by molar-refractivity contribution is 6.36. The number of anilines is 1. The molecular weight excluding hydrogens is 445 g/mol. The summed E-state index contributed by atoms with van der Waals surface area (Å²) in [6.45, 7) is 5.30. The van der Waals surface area contributed by atoms with E-state index in [0.29, 0.717) is 16.5 Å². The average molecular weight is 464 g/mol. The van der Waals surface area contributed by atoms with Gasteiger partial charge in [0.2, 0.25) is 0 Å². The maximum Gasteiger partial charge on any atom is 0.339 e. The zero-order valence-corrected chi connectivity index (χ0v) is 18.5. The SMILES string of the molecule is Cc1noc(C)c1COc1cccc(C(=O)O[C@H](C)C(=O)Nc2ncc(Cl)cc2Cl)c1. The lowest BCUT2D eigenvalue weighted by Gasteiger charge is -2.14. The van der Waals surface area contributed by atoms with E-state index in [0.717, 1.165) is 11.3 Å². The number of hydrogen-bond donors (Lipinski definition) is 1. The first-order valence-corrected chi connectivity index (χ1v) is 9.97. The zero-order chi connectivity index (χ0) is 22.5. The Morgan fingerprint density at radius 2 is 2.00 bits per heavy atom. The number of nitrogens with zero attached hydrogens (tertiary/aromatic N) is 2. The van der Waals surface area contributed by atoms with E-state index in [4.69, 9.17) is 37.2 Å². The van der Waals surface area contributed by atoms with E-state index >= 15 is 0 Å². The molecule has 0 spiro atoms. The van der Waals surface area contributed by atoms with Crippen molar-refractivity contribution in [2.24, 2.45) is 0 Å². The van der Waals surface area contributed by atoms with Crippen LogP contribution in [0.1, 0.15) is 34.3 Å². The van der Waals surface area contributed by atoms with Gasteiger partial charge in [-0.3, -0.25) is 4.79 Å². The monoisotopic (exact) mass is 463 g/mol. The molecule has 0 saturated carbocycles. The Kier molecular flexibility index (Phi) is 7.14. The zero-order valence-electron chi connectivity index (χ0n) is 16.9. The summed E-state index contributed by atoms with van der Waals surface area (Å²) in [6, 6.07) is 7.90. The average Bonchev–Trinajstić information content (AvgIpc) is 3.06. The van der Waals surface area contributed by atoms with Gasteiger partial charge in [0, 0.05) is 6.20 Å². The second-order valence-electron chi connectivity index (χ2n) is 6.64. The van der Waals surface area contributed by atoms with Crippen LogP contribution in [0.2, 0.25) is 10.0 Å². The van der Waals surface area contributed by atoms with Crippen molar-refractivity contribution >= 4 is 40.9 Å². The number of esters is 1. The Labute approximate surface area is 188 Å². The van der Waals surface area contributed by atoms with Crippen LogP contribution in [0, 0.1) is 13.8 Å². The van der Waals surface area contributed by atoms with Crippen molar-refractivity contribution in [2.45, 2.75) is 33.5 Å². The fraction of sp³-hybridized carbons (Fsp3) is 0.238. The Hall–Kier alpha value is -3.10.